The molecule has 2 aromatic rings. The Hall–Kier alpha value is -2.09. The minimum atomic E-state index is 0.155. The predicted molar refractivity (Wildman–Crippen MR) is 67.3 cm³/mol. The Labute approximate surface area is 101 Å². The molecule has 0 saturated carbocycles. The fourth-order valence-electron chi connectivity index (χ4n) is 1.63. The van der Waals surface area contributed by atoms with Crippen LogP contribution in [-0.2, 0) is 11.2 Å². The highest BCUT2D eigenvalue weighted by molar-refractivity contribution is 5.78. The lowest BCUT2D eigenvalue weighted by atomic mass is 10.1. The Bertz CT molecular complexity index is 503. The van der Waals surface area contributed by atoms with E-state index in [1.165, 1.54) is 0 Å². The van der Waals surface area contributed by atoms with Gasteiger partial charge in [0.15, 0.2) is 0 Å². The van der Waals surface area contributed by atoms with Gasteiger partial charge in [-0.1, -0.05) is 30.3 Å². The molecule has 2 aromatic carbocycles. The van der Waals surface area contributed by atoms with Crippen molar-refractivity contribution in [1.29, 1.82) is 0 Å². The van der Waals surface area contributed by atoms with Crippen LogP contribution in [0.1, 0.15) is 12.5 Å². The lowest BCUT2D eigenvalue weighted by Crippen LogP contribution is -1.96. The highest BCUT2D eigenvalue weighted by Gasteiger charge is 2.01. The van der Waals surface area contributed by atoms with Crippen molar-refractivity contribution in [1.82, 2.24) is 0 Å². The molecule has 86 valence electrons. The highest BCUT2D eigenvalue weighted by atomic mass is 16.5. The molecule has 0 aliphatic rings. The summed E-state index contributed by atoms with van der Waals surface area (Å²) in [5.41, 5.74) is 0.978. The Kier molecular flexibility index (Phi) is 3.55. The Balaban J connectivity index is 2.14. The zero-order chi connectivity index (χ0) is 12.1. The summed E-state index contributed by atoms with van der Waals surface area (Å²) < 4.78 is 5.69. The van der Waals surface area contributed by atoms with Gasteiger partial charge in [0.25, 0.3) is 0 Å². The van der Waals surface area contributed by atoms with E-state index in [4.69, 9.17) is 4.74 Å². The van der Waals surface area contributed by atoms with Gasteiger partial charge in [0.2, 0.25) is 0 Å². The van der Waals surface area contributed by atoms with Gasteiger partial charge in [-0.05, 0) is 36.8 Å². The molecular formula is C15H14O2. The van der Waals surface area contributed by atoms with E-state index in [1.54, 1.807) is 6.92 Å². The lowest BCUT2D eigenvalue weighted by molar-refractivity contribution is -0.116. The second-order valence-corrected chi connectivity index (χ2v) is 3.94. The van der Waals surface area contributed by atoms with Crippen LogP contribution in [0.25, 0.3) is 0 Å². The van der Waals surface area contributed by atoms with Crippen molar-refractivity contribution in [3.05, 3.63) is 60.2 Å². The van der Waals surface area contributed by atoms with E-state index in [-0.39, 0.29) is 5.78 Å². The van der Waals surface area contributed by atoms with Crippen molar-refractivity contribution in [2.75, 3.05) is 0 Å². The largest absolute Gasteiger partial charge is 0.457 e. The number of para-hydroxylation sites is 1. The maximum Gasteiger partial charge on any atom is 0.134 e. The van der Waals surface area contributed by atoms with Crippen molar-refractivity contribution in [3.8, 4) is 11.5 Å². The van der Waals surface area contributed by atoms with Crippen molar-refractivity contribution in [2.24, 2.45) is 0 Å². The fourth-order valence-corrected chi connectivity index (χ4v) is 1.63. The third-order valence-corrected chi connectivity index (χ3v) is 2.33. The number of carbonyl (C=O) groups is 1. The number of Topliss-reactive ketones (excluding diaryl/α,β-unsaturated/α-hetero) is 1. The molecule has 2 rings (SSSR count). The van der Waals surface area contributed by atoms with Gasteiger partial charge in [0.1, 0.15) is 17.3 Å². The first-order valence-corrected chi connectivity index (χ1v) is 5.55. The average molecular weight is 226 g/mol. The van der Waals surface area contributed by atoms with Crippen LogP contribution in [0.5, 0.6) is 11.5 Å². The first kappa shape index (κ1) is 11.4. The second-order valence-electron chi connectivity index (χ2n) is 3.94. The Morgan fingerprint density at radius 2 is 1.71 bits per heavy atom. The zero-order valence-corrected chi connectivity index (χ0v) is 9.72. The van der Waals surface area contributed by atoms with Gasteiger partial charge >= 0.3 is 0 Å². The van der Waals surface area contributed by atoms with Gasteiger partial charge in [0.05, 0.1) is 0 Å². The van der Waals surface area contributed by atoms with Crippen LogP contribution < -0.4 is 4.74 Å². The molecule has 0 amide bonds. The molecule has 0 aliphatic carbocycles. The number of ketones is 1. The van der Waals surface area contributed by atoms with E-state index in [0.29, 0.717) is 6.42 Å². The summed E-state index contributed by atoms with van der Waals surface area (Å²) >= 11 is 0. The van der Waals surface area contributed by atoms with E-state index in [9.17, 15) is 4.79 Å². The summed E-state index contributed by atoms with van der Waals surface area (Å²) in [6.07, 6.45) is 0.450. The number of ether oxygens (including phenoxy) is 1. The van der Waals surface area contributed by atoms with Gasteiger partial charge in [-0.3, -0.25) is 4.79 Å². The minimum absolute atomic E-state index is 0.155. The van der Waals surface area contributed by atoms with Crippen molar-refractivity contribution in [2.45, 2.75) is 13.3 Å². The number of hydrogen-bond donors (Lipinski definition) is 0. The van der Waals surface area contributed by atoms with Crippen LogP contribution in [0.2, 0.25) is 0 Å². The Morgan fingerprint density at radius 1 is 1.00 bits per heavy atom. The molecule has 0 spiro atoms. The zero-order valence-electron chi connectivity index (χ0n) is 9.72. The summed E-state index contributed by atoms with van der Waals surface area (Å²) in [4.78, 5) is 11.0. The van der Waals surface area contributed by atoms with Crippen LogP contribution in [0.3, 0.4) is 0 Å². The normalized spacial score (nSPS) is 9.94. The molecule has 0 aromatic heterocycles. The third kappa shape index (κ3) is 3.45. The molecule has 0 aliphatic heterocycles. The molecule has 2 nitrogen and oxygen atoms in total. The number of carbonyl (C=O) groups excluding carboxylic acids is 1. The molecule has 0 N–H and O–H groups in total. The third-order valence-electron chi connectivity index (χ3n) is 2.33. The monoisotopic (exact) mass is 226 g/mol. The van der Waals surface area contributed by atoms with Crippen molar-refractivity contribution < 1.29 is 9.53 Å². The number of benzene rings is 2. The molecule has 0 heterocycles. The van der Waals surface area contributed by atoms with E-state index in [0.717, 1.165) is 17.1 Å². The van der Waals surface area contributed by atoms with Gasteiger partial charge in [0, 0.05) is 6.42 Å². The second kappa shape index (κ2) is 5.30. The van der Waals surface area contributed by atoms with Crippen LogP contribution in [0.15, 0.2) is 54.6 Å². The van der Waals surface area contributed by atoms with Crippen LogP contribution in [-0.4, -0.2) is 5.78 Å². The highest BCUT2D eigenvalue weighted by Crippen LogP contribution is 2.21. The average Bonchev–Trinajstić information content (AvgIpc) is 2.30. The Morgan fingerprint density at radius 3 is 2.41 bits per heavy atom. The quantitative estimate of drug-likeness (QED) is 0.796. The summed E-state index contributed by atoms with van der Waals surface area (Å²) in [7, 11) is 0. The summed E-state index contributed by atoms with van der Waals surface area (Å²) in [5, 5.41) is 0. The standard InChI is InChI=1S/C15H14O2/c1-12(16)10-13-6-5-9-15(11-13)17-14-7-3-2-4-8-14/h2-9,11H,10H2,1H3. The first-order chi connectivity index (χ1) is 8.24. The lowest BCUT2D eigenvalue weighted by Gasteiger charge is -2.06. The number of hydrogen-bond acceptors (Lipinski definition) is 2. The van der Waals surface area contributed by atoms with Crippen LogP contribution in [0, 0.1) is 0 Å². The SMILES string of the molecule is CC(=O)Cc1cccc(Oc2ccccc2)c1. The molecule has 2 heteroatoms. The minimum Gasteiger partial charge on any atom is -0.457 e. The molecule has 0 saturated heterocycles. The van der Waals surface area contributed by atoms with E-state index >= 15 is 0 Å². The van der Waals surface area contributed by atoms with E-state index in [1.807, 2.05) is 54.6 Å². The maximum atomic E-state index is 11.0. The molecule has 17 heavy (non-hydrogen) atoms. The summed E-state index contributed by atoms with van der Waals surface area (Å²) in [6, 6.07) is 17.2. The first-order valence-electron chi connectivity index (χ1n) is 5.55. The predicted octanol–water partition coefficient (Wildman–Crippen LogP) is 3.61. The van der Waals surface area contributed by atoms with Gasteiger partial charge < -0.3 is 4.74 Å². The fraction of sp³-hybridized carbons (Fsp3) is 0.133. The molecule has 0 fully saturated rings. The van der Waals surface area contributed by atoms with Gasteiger partial charge in [-0.2, -0.15) is 0 Å². The van der Waals surface area contributed by atoms with E-state index in [2.05, 4.69) is 0 Å². The summed E-state index contributed by atoms with van der Waals surface area (Å²) in [5.74, 6) is 1.71. The number of rotatable bonds is 4. The molecule has 0 bridgehead atoms. The molecule has 0 radical (unpaired) electrons. The van der Waals surface area contributed by atoms with E-state index < -0.39 is 0 Å². The van der Waals surface area contributed by atoms with Crippen molar-refractivity contribution >= 4 is 5.78 Å². The van der Waals surface area contributed by atoms with Crippen LogP contribution >= 0.6 is 0 Å². The van der Waals surface area contributed by atoms with Crippen LogP contribution in [0.4, 0.5) is 0 Å². The topological polar surface area (TPSA) is 26.3 Å². The maximum absolute atomic E-state index is 11.0. The molecular weight excluding hydrogens is 212 g/mol. The van der Waals surface area contributed by atoms with Gasteiger partial charge in [-0.15, -0.1) is 0 Å². The summed E-state index contributed by atoms with van der Waals surface area (Å²) in [6.45, 7) is 1.59. The van der Waals surface area contributed by atoms with Gasteiger partial charge in [-0.25, -0.2) is 0 Å². The smallest absolute Gasteiger partial charge is 0.134 e. The molecule has 0 unspecified atom stereocenters. The van der Waals surface area contributed by atoms with Crippen molar-refractivity contribution in [3.63, 3.8) is 0 Å². The molecule has 0 atom stereocenters.